The highest BCUT2D eigenvalue weighted by atomic mass is 16.7. The summed E-state index contributed by atoms with van der Waals surface area (Å²) in [6, 6.07) is 0. The molecule has 0 N–H and O–H groups in total. The molecule has 0 amide bonds. The topological polar surface area (TPSA) is 44.8 Å². The van der Waals surface area contributed by atoms with Crippen molar-refractivity contribution in [2.24, 2.45) is 5.92 Å². The Kier molecular flexibility index (Phi) is 8.84. The SMILES string of the molecule is CCCCCC(=O)OCC(C)COC1CCCCO1. The van der Waals surface area contributed by atoms with Crippen molar-refractivity contribution in [3.8, 4) is 0 Å². The molecule has 0 aromatic rings. The van der Waals surface area contributed by atoms with Crippen LogP contribution < -0.4 is 0 Å². The fourth-order valence-electron chi connectivity index (χ4n) is 1.99. The second-order valence-corrected chi connectivity index (χ2v) is 5.37. The molecule has 2 atom stereocenters. The Morgan fingerprint density at radius 1 is 1.32 bits per heavy atom. The van der Waals surface area contributed by atoms with Crippen LogP contribution in [-0.2, 0) is 19.0 Å². The molecule has 1 aliphatic rings. The number of carbonyl (C=O) groups is 1. The molecule has 0 bridgehead atoms. The van der Waals surface area contributed by atoms with E-state index in [9.17, 15) is 4.79 Å². The third-order valence-corrected chi connectivity index (χ3v) is 3.22. The van der Waals surface area contributed by atoms with Gasteiger partial charge >= 0.3 is 5.97 Å². The van der Waals surface area contributed by atoms with Gasteiger partial charge < -0.3 is 14.2 Å². The van der Waals surface area contributed by atoms with E-state index in [2.05, 4.69) is 6.92 Å². The largest absolute Gasteiger partial charge is 0.465 e. The third kappa shape index (κ3) is 8.22. The number of unbranched alkanes of at least 4 members (excludes halogenated alkanes) is 2. The first-order valence-corrected chi connectivity index (χ1v) is 7.61. The van der Waals surface area contributed by atoms with Crippen molar-refractivity contribution in [1.82, 2.24) is 0 Å². The van der Waals surface area contributed by atoms with E-state index in [-0.39, 0.29) is 18.2 Å². The summed E-state index contributed by atoms with van der Waals surface area (Å²) in [5.41, 5.74) is 0. The van der Waals surface area contributed by atoms with Gasteiger partial charge in [0.25, 0.3) is 0 Å². The minimum absolute atomic E-state index is 0.0588. The maximum Gasteiger partial charge on any atom is 0.305 e. The summed E-state index contributed by atoms with van der Waals surface area (Å²) in [5, 5.41) is 0. The predicted molar refractivity (Wildman–Crippen MR) is 73.8 cm³/mol. The molecule has 1 rings (SSSR count). The van der Waals surface area contributed by atoms with Gasteiger partial charge in [-0.2, -0.15) is 0 Å². The van der Waals surface area contributed by atoms with Crippen LogP contribution in [0, 0.1) is 5.92 Å². The van der Waals surface area contributed by atoms with E-state index in [0.29, 0.717) is 19.6 Å². The number of esters is 1. The first-order valence-electron chi connectivity index (χ1n) is 7.61. The Labute approximate surface area is 116 Å². The van der Waals surface area contributed by atoms with E-state index >= 15 is 0 Å². The van der Waals surface area contributed by atoms with Gasteiger partial charge in [0.1, 0.15) is 0 Å². The van der Waals surface area contributed by atoms with E-state index in [1.807, 2.05) is 6.92 Å². The lowest BCUT2D eigenvalue weighted by atomic mass is 10.2. The molecule has 1 aliphatic heterocycles. The molecule has 0 aliphatic carbocycles. The molecule has 2 unspecified atom stereocenters. The Morgan fingerprint density at radius 2 is 2.16 bits per heavy atom. The van der Waals surface area contributed by atoms with E-state index in [1.165, 1.54) is 6.42 Å². The lowest BCUT2D eigenvalue weighted by molar-refractivity contribution is -0.172. The molecular formula is C15H28O4. The van der Waals surface area contributed by atoms with E-state index in [4.69, 9.17) is 14.2 Å². The fraction of sp³-hybridized carbons (Fsp3) is 0.933. The Morgan fingerprint density at radius 3 is 2.84 bits per heavy atom. The van der Waals surface area contributed by atoms with Gasteiger partial charge in [-0.15, -0.1) is 0 Å². The highest BCUT2D eigenvalue weighted by Crippen LogP contribution is 2.14. The van der Waals surface area contributed by atoms with Crippen LogP contribution in [0.5, 0.6) is 0 Å². The first-order chi connectivity index (χ1) is 9.22. The van der Waals surface area contributed by atoms with Crippen molar-refractivity contribution >= 4 is 5.97 Å². The first kappa shape index (κ1) is 16.4. The highest BCUT2D eigenvalue weighted by molar-refractivity contribution is 5.69. The standard InChI is InChI=1S/C15H28O4/c1-3-4-5-8-14(16)18-11-13(2)12-19-15-9-6-7-10-17-15/h13,15H,3-12H2,1-2H3. The Hall–Kier alpha value is -0.610. The summed E-state index contributed by atoms with van der Waals surface area (Å²) in [6.45, 7) is 5.98. The van der Waals surface area contributed by atoms with Crippen LogP contribution in [0.25, 0.3) is 0 Å². The van der Waals surface area contributed by atoms with E-state index in [0.717, 1.165) is 38.7 Å². The molecule has 1 fully saturated rings. The Bertz CT molecular complexity index is 236. The second-order valence-electron chi connectivity index (χ2n) is 5.37. The van der Waals surface area contributed by atoms with Crippen LogP contribution in [0.15, 0.2) is 0 Å². The monoisotopic (exact) mass is 272 g/mol. The van der Waals surface area contributed by atoms with Crippen molar-refractivity contribution in [3.63, 3.8) is 0 Å². The fourth-order valence-corrected chi connectivity index (χ4v) is 1.99. The van der Waals surface area contributed by atoms with Crippen LogP contribution >= 0.6 is 0 Å². The minimum Gasteiger partial charge on any atom is -0.465 e. The van der Waals surface area contributed by atoms with Gasteiger partial charge in [0, 0.05) is 18.9 Å². The molecule has 0 saturated carbocycles. The molecule has 1 heterocycles. The van der Waals surface area contributed by atoms with Gasteiger partial charge in [-0.25, -0.2) is 0 Å². The van der Waals surface area contributed by atoms with Gasteiger partial charge in [0.2, 0.25) is 0 Å². The van der Waals surface area contributed by atoms with Crippen molar-refractivity contribution in [2.45, 2.75) is 65.1 Å². The highest BCUT2D eigenvalue weighted by Gasteiger charge is 2.16. The summed E-state index contributed by atoms with van der Waals surface area (Å²) < 4.78 is 16.4. The van der Waals surface area contributed by atoms with Crippen LogP contribution in [0.2, 0.25) is 0 Å². The zero-order valence-electron chi connectivity index (χ0n) is 12.4. The smallest absolute Gasteiger partial charge is 0.305 e. The quantitative estimate of drug-likeness (QED) is 0.477. The van der Waals surface area contributed by atoms with Gasteiger partial charge in [-0.05, 0) is 25.7 Å². The average molecular weight is 272 g/mol. The van der Waals surface area contributed by atoms with Gasteiger partial charge in [-0.1, -0.05) is 26.7 Å². The van der Waals surface area contributed by atoms with Crippen molar-refractivity contribution in [2.75, 3.05) is 19.8 Å². The lowest BCUT2D eigenvalue weighted by Gasteiger charge is -2.24. The second kappa shape index (κ2) is 10.2. The molecular weight excluding hydrogens is 244 g/mol. The van der Waals surface area contributed by atoms with Crippen LogP contribution in [-0.4, -0.2) is 32.1 Å². The van der Waals surface area contributed by atoms with Crippen LogP contribution in [0.3, 0.4) is 0 Å². The molecule has 112 valence electrons. The zero-order valence-corrected chi connectivity index (χ0v) is 12.4. The predicted octanol–water partition coefficient (Wildman–Crippen LogP) is 3.29. The number of rotatable bonds is 9. The van der Waals surface area contributed by atoms with Crippen molar-refractivity contribution in [1.29, 1.82) is 0 Å². The van der Waals surface area contributed by atoms with Crippen LogP contribution in [0.1, 0.15) is 58.8 Å². The maximum absolute atomic E-state index is 11.4. The average Bonchev–Trinajstić information content (AvgIpc) is 2.44. The molecule has 0 aromatic heterocycles. The number of ether oxygens (including phenoxy) is 3. The summed E-state index contributed by atoms with van der Waals surface area (Å²) >= 11 is 0. The lowest BCUT2D eigenvalue weighted by Crippen LogP contribution is -2.26. The van der Waals surface area contributed by atoms with Gasteiger partial charge in [-0.3, -0.25) is 4.79 Å². The minimum atomic E-state index is -0.0887. The van der Waals surface area contributed by atoms with Crippen molar-refractivity contribution in [3.05, 3.63) is 0 Å². The van der Waals surface area contributed by atoms with Gasteiger partial charge in [0.15, 0.2) is 6.29 Å². The van der Waals surface area contributed by atoms with E-state index in [1.54, 1.807) is 0 Å². The summed E-state index contributed by atoms with van der Waals surface area (Å²) in [4.78, 5) is 11.4. The summed E-state index contributed by atoms with van der Waals surface area (Å²) in [5.74, 6) is 0.134. The van der Waals surface area contributed by atoms with Gasteiger partial charge in [0.05, 0.1) is 13.2 Å². The summed E-state index contributed by atoms with van der Waals surface area (Å²) in [7, 11) is 0. The third-order valence-electron chi connectivity index (χ3n) is 3.22. The molecule has 0 radical (unpaired) electrons. The molecule has 0 spiro atoms. The number of hydrogen-bond acceptors (Lipinski definition) is 4. The zero-order chi connectivity index (χ0) is 13.9. The summed E-state index contributed by atoms with van der Waals surface area (Å²) in [6.07, 6.45) is 6.89. The number of carbonyl (C=O) groups excluding carboxylic acids is 1. The van der Waals surface area contributed by atoms with E-state index < -0.39 is 0 Å². The van der Waals surface area contributed by atoms with Crippen LogP contribution in [0.4, 0.5) is 0 Å². The molecule has 4 nitrogen and oxygen atoms in total. The Balaban J connectivity index is 2.00. The molecule has 19 heavy (non-hydrogen) atoms. The molecule has 0 aromatic carbocycles. The maximum atomic E-state index is 11.4. The number of hydrogen-bond donors (Lipinski definition) is 0. The normalized spacial score (nSPS) is 21.1. The molecule has 4 heteroatoms. The molecule has 1 saturated heterocycles. The van der Waals surface area contributed by atoms with Crippen molar-refractivity contribution < 1.29 is 19.0 Å².